The van der Waals surface area contributed by atoms with Crippen molar-refractivity contribution in [3.8, 4) is 0 Å². The number of rotatable bonds is 4. The van der Waals surface area contributed by atoms with Crippen LogP contribution in [0.1, 0.15) is 26.2 Å². The highest BCUT2D eigenvalue weighted by molar-refractivity contribution is 7.79. The second-order valence-corrected chi connectivity index (χ2v) is 1.79. The van der Waals surface area contributed by atoms with E-state index in [0.29, 0.717) is 0 Å². The summed E-state index contributed by atoms with van der Waals surface area (Å²) < 4.78 is 0. The van der Waals surface area contributed by atoms with Crippen LogP contribution in [-0.2, 0) is 0 Å². The molecular weight excluding hydrogens is 104 g/mol. The molecule has 0 bridgehead atoms. The SMILES string of the molecule is CCCC[CH]C=S. The minimum Gasteiger partial charge on any atom is -0.0932 e. The lowest BCUT2D eigenvalue weighted by Crippen LogP contribution is -1.73. The maximum Gasteiger partial charge on any atom is -0.00574 e. The third-order valence-electron chi connectivity index (χ3n) is 0.821. The molecule has 0 atom stereocenters. The van der Waals surface area contributed by atoms with Crippen molar-refractivity contribution in [2.75, 3.05) is 0 Å². The molecule has 0 saturated carbocycles. The standard InChI is InChI=1S/C6H11S/c1-2-3-4-5-6-7/h5-6H,2-4H2,1H3. The van der Waals surface area contributed by atoms with E-state index in [-0.39, 0.29) is 0 Å². The zero-order valence-electron chi connectivity index (χ0n) is 4.68. The van der Waals surface area contributed by atoms with Gasteiger partial charge in [-0.3, -0.25) is 0 Å². The van der Waals surface area contributed by atoms with Gasteiger partial charge < -0.3 is 0 Å². The third kappa shape index (κ3) is 6.09. The summed E-state index contributed by atoms with van der Waals surface area (Å²) in [6.45, 7) is 2.18. The molecule has 0 aliphatic carbocycles. The van der Waals surface area contributed by atoms with Gasteiger partial charge in [0.15, 0.2) is 0 Å². The van der Waals surface area contributed by atoms with Crippen molar-refractivity contribution >= 4 is 17.6 Å². The Morgan fingerprint density at radius 2 is 2.29 bits per heavy atom. The molecule has 0 fully saturated rings. The van der Waals surface area contributed by atoms with Crippen LogP contribution in [0.4, 0.5) is 0 Å². The van der Waals surface area contributed by atoms with E-state index in [1.54, 1.807) is 5.37 Å². The van der Waals surface area contributed by atoms with Gasteiger partial charge in [0, 0.05) is 0 Å². The first-order valence-corrected chi connectivity index (χ1v) is 3.16. The van der Waals surface area contributed by atoms with E-state index in [9.17, 15) is 0 Å². The third-order valence-corrected chi connectivity index (χ3v) is 1.01. The predicted molar refractivity (Wildman–Crippen MR) is 37.5 cm³/mol. The highest BCUT2D eigenvalue weighted by atomic mass is 32.1. The molecule has 0 aromatic heterocycles. The molecule has 0 aliphatic heterocycles. The minimum absolute atomic E-state index is 1.15. The van der Waals surface area contributed by atoms with Gasteiger partial charge in [0.2, 0.25) is 0 Å². The first-order chi connectivity index (χ1) is 3.41. The lowest BCUT2D eigenvalue weighted by Gasteiger charge is -1.86. The summed E-state index contributed by atoms with van der Waals surface area (Å²) in [6.07, 6.45) is 5.71. The Balaban J connectivity index is 2.56. The molecule has 0 aromatic rings. The van der Waals surface area contributed by atoms with E-state index < -0.39 is 0 Å². The van der Waals surface area contributed by atoms with Gasteiger partial charge in [-0.1, -0.05) is 32.0 Å². The van der Waals surface area contributed by atoms with Crippen molar-refractivity contribution in [3.05, 3.63) is 6.42 Å². The summed E-state index contributed by atoms with van der Waals surface area (Å²) in [5.74, 6) is 0. The minimum atomic E-state index is 1.15. The van der Waals surface area contributed by atoms with Gasteiger partial charge in [0.25, 0.3) is 0 Å². The molecular formula is C6H11S. The zero-order valence-corrected chi connectivity index (χ0v) is 5.50. The fourth-order valence-corrected chi connectivity index (χ4v) is 0.526. The predicted octanol–water partition coefficient (Wildman–Crippen LogP) is 2.38. The Bertz CT molecular complexity index is 41.4. The average molecular weight is 115 g/mol. The van der Waals surface area contributed by atoms with Crippen LogP contribution in [0.3, 0.4) is 0 Å². The van der Waals surface area contributed by atoms with Crippen LogP contribution in [0.2, 0.25) is 0 Å². The molecule has 7 heavy (non-hydrogen) atoms. The maximum absolute atomic E-state index is 4.58. The van der Waals surface area contributed by atoms with Crippen LogP contribution in [0.5, 0.6) is 0 Å². The lowest BCUT2D eigenvalue weighted by atomic mass is 10.2. The Hall–Kier alpha value is 0.0900. The molecule has 41 valence electrons. The van der Waals surface area contributed by atoms with Gasteiger partial charge >= 0.3 is 0 Å². The fraction of sp³-hybridized carbons (Fsp3) is 0.667. The van der Waals surface area contributed by atoms with Crippen LogP contribution in [-0.4, -0.2) is 5.37 Å². The molecule has 0 amide bonds. The molecule has 0 spiro atoms. The maximum atomic E-state index is 4.58. The van der Waals surface area contributed by atoms with Crippen molar-refractivity contribution < 1.29 is 0 Å². The van der Waals surface area contributed by atoms with E-state index in [2.05, 4.69) is 19.1 Å². The molecule has 0 heterocycles. The molecule has 0 aromatic carbocycles. The fourth-order valence-electron chi connectivity index (χ4n) is 0.390. The van der Waals surface area contributed by atoms with Gasteiger partial charge in [0.05, 0.1) is 0 Å². The number of hydrogen-bond donors (Lipinski definition) is 0. The highest BCUT2D eigenvalue weighted by Gasteiger charge is 1.78. The first-order valence-electron chi connectivity index (χ1n) is 2.68. The van der Waals surface area contributed by atoms with Crippen LogP contribution < -0.4 is 0 Å². The summed E-state index contributed by atoms with van der Waals surface area (Å²) in [6, 6.07) is 0. The number of unbranched alkanes of at least 4 members (excludes halogenated alkanes) is 3. The molecule has 1 heteroatoms. The van der Waals surface area contributed by atoms with E-state index in [0.717, 1.165) is 6.42 Å². The molecule has 1 radical (unpaired) electrons. The van der Waals surface area contributed by atoms with Gasteiger partial charge in [-0.15, -0.1) is 0 Å². The van der Waals surface area contributed by atoms with Crippen LogP contribution in [0, 0.1) is 6.42 Å². The highest BCUT2D eigenvalue weighted by Crippen LogP contribution is 1.94. The molecule has 0 N–H and O–H groups in total. The Labute approximate surface area is 50.9 Å². The second-order valence-electron chi connectivity index (χ2n) is 1.51. The molecule has 0 saturated heterocycles. The quantitative estimate of drug-likeness (QED) is 0.400. The van der Waals surface area contributed by atoms with Crippen molar-refractivity contribution in [3.63, 3.8) is 0 Å². The number of hydrogen-bond acceptors (Lipinski definition) is 1. The zero-order chi connectivity index (χ0) is 5.54. The monoisotopic (exact) mass is 115 g/mol. The molecule has 0 unspecified atom stereocenters. The number of thiocarbonyl (C=S) groups is 1. The smallest absolute Gasteiger partial charge is 0.00574 e. The van der Waals surface area contributed by atoms with Gasteiger partial charge in [-0.05, 0) is 18.2 Å². The molecule has 0 nitrogen and oxygen atoms in total. The Morgan fingerprint density at radius 1 is 1.57 bits per heavy atom. The molecule has 0 rings (SSSR count). The van der Waals surface area contributed by atoms with E-state index in [1.165, 1.54) is 12.8 Å². The van der Waals surface area contributed by atoms with Crippen LogP contribution >= 0.6 is 12.2 Å². The summed E-state index contributed by atoms with van der Waals surface area (Å²) in [5.41, 5.74) is 0. The summed E-state index contributed by atoms with van der Waals surface area (Å²) in [4.78, 5) is 0. The first kappa shape index (κ1) is 7.09. The topological polar surface area (TPSA) is 0 Å². The van der Waals surface area contributed by atoms with Crippen molar-refractivity contribution in [1.82, 2.24) is 0 Å². The Kier molecular flexibility index (Phi) is 6.17. The summed E-state index contributed by atoms with van der Waals surface area (Å²) in [5, 5.41) is 1.69. The average Bonchev–Trinajstić information content (AvgIpc) is 1.69. The second kappa shape index (κ2) is 6.09. The molecule has 0 aliphatic rings. The van der Waals surface area contributed by atoms with E-state index in [1.807, 2.05) is 6.42 Å². The van der Waals surface area contributed by atoms with Crippen LogP contribution in [0.15, 0.2) is 0 Å². The van der Waals surface area contributed by atoms with E-state index >= 15 is 0 Å². The van der Waals surface area contributed by atoms with Crippen molar-refractivity contribution in [2.45, 2.75) is 26.2 Å². The van der Waals surface area contributed by atoms with Crippen LogP contribution in [0.25, 0.3) is 0 Å². The largest absolute Gasteiger partial charge is 0.0932 e. The summed E-state index contributed by atoms with van der Waals surface area (Å²) in [7, 11) is 0. The van der Waals surface area contributed by atoms with Gasteiger partial charge in [-0.25, -0.2) is 0 Å². The Morgan fingerprint density at radius 3 is 2.71 bits per heavy atom. The van der Waals surface area contributed by atoms with Gasteiger partial charge in [0.1, 0.15) is 0 Å². The van der Waals surface area contributed by atoms with E-state index in [4.69, 9.17) is 0 Å². The lowest BCUT2D eigenvalue weighted by molar-refractivity contribution is 0.803. The van der Waals surface area contributed by atoms with Gasteiger partial charge in [-0.2, -0.15) is 0 Å². The summed E-state index contributed by atoms with van der Waals surface area (Å²) >= 11 is 4.58. The van der Waals surface area contributed by atoms with Crippen molar-refractivity contribution in [2.24, 2.45) is 0 Å². The normalized spacial score (nSPS) is 8.71. The van der Waals surface area contributed by atoms with Crippen molar-refractivity contribution in [1.29, 1.82) is 0 Å².